The van der Waals surface area contributed by atoms with E-state index in [2.05, 4.69) is 6.58 Å². The Bertz CT molecular complexity index is 229. The predicted octanol–water partition coefficient (Wildman–Crippen LogP) is -2.77. The maximum absolute atomic E-state index is 5.13. The molecule has 0 fully saturated rings. The van der Waals surface area contributed by atoms with Crippen molar-refractivity contribution in [2.24, 2.45) is 0 Å². The molecule has 0 aliphatic carbocycles. The average Bonchev–Trinajstić information content (AvgIpc) is 2.16. The summed E-state index contributed by atoms with van der Waals surface area (Å²) in [5.74, 6) is 0. The van der Waals surface area contributed by atoms with Crippen LogP contribution in [-0.4, -0.2) is 68.2 Å². The van der Waals surface area contributed by atoms with E-state index < -0.39 is 0 Å². The Labute approximate surface area is 85.9 Å². The van der Waals surface area contributed by atoms with Gasteiger partial charge in [-0.1, -0.05) is 0 Å². The Morgan fingerprint density at radius 2 is 1.69 bits per heavy atom. The molecule has 0 aliphatic rings. The molecule has 0 unspecified atom stereocenters. The molecule has 13 heavy (non-hydrogen) atoms. The van der Waals surface area contributed by atoms with Gasteiger partial charge < -0.3 is 0 Å². The molecule has 0 bridgehead atoms. The third-order valence-electron chi connectivity index (χ3n) is 1.06. The molecule has 2 radical (unpaired) electrons. The number of hydrogen-bond donors (Lipinski definition) is 0. The molecule has 0 heterocycles. The van der Waals surface area contributed by atoms with Crippen molar-refractivity contribution in [3.63, 3.8) is 0 Å². The molecular formula is C3H5B9O. The fraction of sp³-hybridized carbons (Fsp3) is 0.333. The van der Waals surface area contributed by atoms with Crippen molar-refractivity contribution in [1.29, 1.82) is 0 Å². The van der Waals surface area contributed by atoms with Crippen molar-refractivity contribution in [3.05, 3.63) is 12.7 Å². The third kappa shape index (κ3) is 12.1. The molecule has 0 N–H and O–H groups in total. The summed E-state index contributed by atoms with van der Waals surface area (Å²) in [6.45, 7) is 16.6. The van der Waals surface area contributed by atoms with Crippen molar-refractivity contribution in [3.8, 4) is 0 Å². The van der Waals surface area contributed by atoms with Gasteiger partial charge in [-0.2, -0.15) is 0 Å². The Morgan fingerprint density at radius 1 is 1.08 bits per heavy atom. The normalized spacial score (nSPS) is 7.38. The van der Waals surface area contributed by atoms with E-state index in [0.29, 0.717) is 6.61 Å². The summed E-state index contributed by atoms with van der Waals surface area (Å²) in [5.41, 5.74) is 0. The molecular weight excluding hydrogens is 149 g/mol. The van der Waals surface area contributed by atoms with Crippen LogP contribution in [0.4, 0.5) is 0 Å². The van der Waals surface area contributed by atoms with Crippen molar-refractivity contribution in [1.82, 2.24) is 0 Å². The zero-order valence-electron chi connectivity index (χ0n) is 7.60. The van der Waals surface area contributed by atoms with Gasteiger partial charge in [0.25, 0.3) is 0 Å². The van der Waals surface area contributed by atoms with Gasteiger partial charge >= 0.3 is 85.5 Å². The Kier molecular flexibility index (Phi) is 12.2. The van der Waals surface area contributed by atoms with E-state index in [9.17, 15) is 0 Å². The van der Waals surface area contributed by atoms with Crippen molar-refractivity contribution < 1.29 is 4.65 Å². The summed E-state index contributed by atoms with van der Waals surface area (Å²) in [4.78, 5) is 0. The second-order valence-corrected chi connectivity index (χ2v) is 2.11. The summed E-state index contributed by atoms with van der Waals surface area (Å²) in [6, 6.07) is 0. The molecule has 0 saturated heterocycles. The molecule has 0 aromatic rings. The second-order valence-electron chi connectivity index (χ2n) is 2.11. The van der Waals surface area contributed by atoms with Gasteiger partial charge in [0.2, 0.25) is 0 Å². The van der Waals surface area contributed by atoms with E-state index in [0.717, 1.165) is 0 Å². The molecule has 0 aromatic carbocycles. The summed E-state index contributed by atoms with van der Waals surface area (Å²) < 4.78 is 5.00. The van der Waals surface area contributed by atoms with E-state index in [4.69, 9.17) is 12.4 Å². The van der Waals surface area contributed by atoms with Gasteiger partial charge in [0.15, 0.2) is 0 Å². The molecule has 0 saturated carbocycles. The van der Waals surface area contributed by atoms with E-state index in [-0.39, 0.29) is 0 Å². The van der Waals surface area contributed by atoms with Crippen molar-refractivity contribution in [2.75, 3.05) is 6.61 Å². The summed E-state index contributed by atoms with van der Waals surface area (Å²) >= 11 is 0. The van der Waals surface area contributed by atoms with Gasteiger partial charge in [0.05, 0.1) is 0 Å². The molecule has 0 aliphatic heterocycles. The van der Waals surface area contributed by atoms with Gasteiger partial charge in [-0.05, 0) is 0 Å². The van der Waals surface area contributed by atoms with Gasteiger partial charge in [0, 0.05) is 0 Å². The van der Waals surface area contributed by atoms with E-state index in [1.54, 1.807) is 26.5 Å². The Hall–Kier alpha value is 0.124. The fourth-order valence-electron chi connectivity index (χ4n) is 0.545. The first-order valence-electron chi connectivity index (χ1n) is 4.01. The van der Waals surface area contributed by atoms with Crippen LogP contribution < -0.4 is 0 Å². The predicted molar refractivity (Wildman–Crippen MR) is 67.9 cm³/mol. The first-order chi connectivity index (χ1) is 6.41. The van der Waals surface area contributed by atoms with Crippen LogP contribution >= 0.6 is 0 Å². The minimum atomic E-state index is 0.538. The zero-order chi connectivity index (χ0) is 9.78. The van der Waals surface area contributed by atoms with Crippen LogP contribution in [0.5, 0.6) is 0 Å². The standard InChI is InChI=1S/C3H5B9O/c1-2-3-13-12-11-10-9-8-7-6-5-4/h2H,1,3H2. The summed E-state index contributed by atoms with van der Waals surface area (Å²) in [7, 11) is 6.74. The molecule has 10 heteroatoms. The topological polar surface area (TPSA) is 9.23 Å². The van der Waals surface area contributed by atoms with Gasteiger partial charge in [-0.3, -0.25) is 0 Å². The SMILES string of the molecule is [B]B=BB=BB=BB=BOCC=C. The maximum atomic E-state index is 5.13. The van der Waals surface area contributed by atoms with Crippen LogP contribution in [0.2, 0.25) is 0 Å². The van der Waals surface area contributed by atoms with E-state index in [1.807, 2.05) is 26.8 Å². The van der Waals surface area contributed by atoms with Gasteiger partial charge in [-0.15, -0.1) is 0 Å². The Balaban J connectivity index is 3.50. The fourth-order valence-corrected chi connectivity index (χ4v) is 0.545. The first-order valence-corrected chi connectivity index (χ1v) is 4.01. The van der Waals surface area contributed by atoms with Gasteiger partial charge in [-0.25, -0.2) is 0 Å². The first kappa shape index (κ1) is 13.1. The number of rotatable bonds is 6. The van der Waals surface area contributed by atoms with Crippen molar-refractivity contribution >= 4 is 61.6 Å². The van der Waals surface area contributed by atoms with E-state index in [1.165, 1.54) is 6.69 Å². The van der Waals surface area contributed by atoms with Crippen molar-refractivity contribution in [2.45, 2.75) is 0 Å². The Morgan fingerprint density at radius 3 is 2.31 bits per heavy atom. The molecule has 1 nitrogen and oxygen atoms in total. The minimum absolute atomic E-state index is 0.538. The van der Waals surface area contributed by atoms with E-state index >= 15 is 0 Å². The van der Waals surface area contributed by atoms with Crippen LogP contribution in [0.15, 0.2) is 12.7 Å². The van der Waals surface area contributed by atoms with Crippen LogP contribution in [0.1, 0.15) is 0 Å². The second kappa shape index (κ2) is 12.1. The quantitative estimate of drug-likeness (QED) is 0.229. The molecule has 0 spiro atoms. The monoisotopic (exact) mass is 156 g/mol. The molecule has 0 atom stereocenters. The number of hydrogen-bond acceptors (Lipinski definition) is 1. The molecule has 0 aromatic heterocycles. The third-order valence-corrected chi connectivity index (χ3v) is 1.06. The van der Waals surface area contributed by atoms with Crippen LogP contribution in [-0.2, 0) is 4.65 Å². The average molecular weight is 154 g/mol. The molecule has 0 amide bonds. The zero-order valence-corrected chi connectivity index (χ0v) is 7.60. The molecule has 50 valence electrons. The molecule has 0 rings (SSSR count). The van der Waals surface area contributed by atoms with Crippen LogP contribution in [0.25, 0.3) is 0 Å². The van der Waals surface area contributed by atoms with Gasteiger partial charge in [0.1, 0.15) is 0 Å². The van der Waals surface area contributed by atoms with Crippen LogP contribution in [0.3, 0.4) is 0 Å². The van der Waals surface area contributed by atoms with Crippen LogP contribution in [0, 0.1) is 0 Å². The summed E-state index contributed by atoms with van der Waals surface area (Å²) in [6.07, 6.45) is 1.69. The summed E-state index contributed by atoms with van der Waals surface area (Å²) in [5, 5.41) is 0.